The van der Waals surface area contributed by atoms with Crippen LogP contribution in [0.5, 0.6) is 0 Å². The predicted molar refractivity (Wildman–Crippen MR) is 38.7 cm³/mol. The van der Waals surface area contributed by atoms with Crippen LogP contribution >= 0.6 is 0 Å². The van der Waals surface area contributed by atoms with E-state index in [-0.39, 0.29) is 0 Å². The van der Waals surface area contributed by atoms with Gasteiger partial charge in [0.25, 0.3) is 0 Å². The van der Waals surface area contributed by atoms with Crippen molar-refractivity contribution in [2.75, 3.05) is 19.6 Å². The van der Waals surface area contributed by atoms with E-state index in [9.17, 15) is 0 Å². The second-order valence-corrected chi connectivity index (χ2v) is 1.62. The third kappa shape index (κ3) is 7.88. The lowest BCUT2D eigenvalue weighted by Crippen LogP contribution is -2.21. The lowest BCUT2D eigenvalue weighted by Gasteiger charge is -2.13. The van der Waals surface area contributed by atoms with E-state index in [2.05, 4.69) is 25.7 Å². The SMILES string of the molecule is CCN(CC)CC.OO. The van der Waals surface area contributed by atoms with Crippen LogP contribution in [0.1, 0.15) is 20.8 Å². The smallest absolute Gasteiger partial charge is 0.00474 e. The molecule has 0 atom stereocenters. The molecule has 0 amide bonds. The summed E-state index contributed by atoms with van der Waals surface area (Å²) in [6.07, 6.45) is 0. The summed E-state index contributed by atoms with van der Waals surface area (Å²) >= 11 is 0. The molecule has 0 aromatic heterocycles. The number of hydrogen-bond acceptors (Lipinski definition) is 3. The van der Waals surface area contributed by atoms with Crippen LogP contribution in [0.2, 0.25) is 0 Å². The van der Waals surface area contributed by atoms with Gasteiger partial charge < -0.3 is 4.90 Å². The number of hydrogen-bond donors (Lipinski definition) is 2. The molecule has 0 rings (SSSR count). The second kappa shape index (κ2) is 10.8. The Kier molecular flexibility index (Phi) is 14.0. The van der Waals surface area contributed by atoms with Crippen LogP contribution in [0.25, 0.3) is 0 Å². The van der Waals surface area contributed by atoms with Gasteiger partial charge in [0.15, 0.2) is 0 Å². The Balaban J connectivity index is 0. The first-order chi connectivity index (χ1) is 4.35. The van der Waals surface area contributed by atoms with Crippen molar-refractivity contribution in [3.8, 4) is 0 Å². The van der Waals surface area contributed by atoms with Gasteiger partial charge in [-0.2, -0.15) is 0 Å². The highest BCUT2D eigenvalue weighted by Gasteiger charge is 1.89. The lowest BCUT2D eigenvalue weighted by atomic mass is 10.5. The summed E-state index contributed by atoms with van der Waals surface area (Å²) in [5.41, 5.74) is 0. The molecule has 0 fully saturated rings. The van der Waals surface area contributed by atoms with Gasteiger partial charge in [0.2, 0.25) is 0 Å². The van der Waals surface area contributed by atoms with Crippen LogP contribution in [-0.4, -0.2) is 35.0 Å². The van der Waals surface area contributed by atoms with Crippen LogP contribution in [0.4, 0.5) is 0 Å². The van der Waals surface area contributed by atoms with E-state index in [1.165, 1.54) is 19.6 Å². The van der Waals surface area contributed by atoms with Crippen molar-refractivity contribution in [3.63, 3.8) is 0 Å². The Hall–Kier alpha value is -0.120. The van der Waals surface area contributed by atoms with Gasteiger partial charge in [0.05, 0.1) is 0 Å². The maximum Gasteiger partial charge on any atom is -0.00474 e. The van der Waals surface area contributed by atoms with Crippen molar-refractivity contribution in [1.29, 1.82) is 0 Å². The highest BCUT2D eigenvalue weighted by molar-refractivity contribution is 4.43. The monoisotopic (exact) mass is 135 g/mol. The molecule has 0 heterocycles. The zero-order valence-corrected chi connectivity index (χ0v) is 6.46. The zero-order chi connectivity index (χ0) is 7.70. The summed E-state index contributed by atoms with van der Waals surface area (Å²) in [5.74, 6) is 0. The molecule has 0 saturated heterocycles. The van der Waals surface area contributed by atoms with Crippen molar-refractivity contribution in [1.82, 2.24) is 4.90 Å². The quantitative estimate of drug-likeness (QED) is 0.453. The van der Waals surface area contributed by atoms with Crippen LogP contribution in [0, 0.1) is 0 Å². The minimum absolute atomic E-state index is 1.19. The van der Waals surface area contributed by atoms with Crippen LogP contribution in [0.15, 0.2) is 0 Å². The molecule has 0 unspecified atom stereocenters. The first kappa shape index (κ1) is 11.6. The van der Waals surface area contributed by atoms with Gasteiger partial charge in [-0.3, -0.25) is 10.5 Å². The first-order valence-corrected chi connectivity index (χ1v) is 3.27. The number of rotatable bonds is 3. The Morgan fingerprint density at radius 2 is 1.11 bits per heavy atom. The minimum Gasteiger partial charge on any atom is -0.304 e. The fraction of sp³-hybridized carbons (Fsp3) is 1.00. The maximum absolute atomic E-state index is 6.00. The van der Waals surface area contributed by atoms with E-state index < -0.39 is 0 Å². The fourth-order valence-electron chi connectivity index (χ4n) is 0.671. The molecule has 2 N–H and O–H groups in total. The van der Waals surface area contributed by atoms with E-state index in [0.717, 1.165) is 0 Å². The van der Waals surface area contributed by atoms with Crippen molar-refractivity contribution in [2.24, 2.45) is 0 Å². The van der Waals surface area contributed by atoms with Crippen molar-refractivity contribution >= 4 is 0 Å². The molecular weight excluding hydrogens is 118 g/mol. The molecule has 0 aromatic rings. The minimum atomic E-state index is 1.19. The fourth-order valence-corrected chi connectivity index (χ4v) is 0.671. The summed E-state index contributed by atoms with van der Waals surface area (Å²) in [6.45, 7) is 10.1. The molecule has 0 aliphatic heterocycles. The Morgan fingerprint density at radius 1 is 0.889 bits per heavy atom. The second-order valence-electron chi connectivity index (χ2n) is 1.62. The van der Waals surface area contributed by atoms with Crippen LogP contribution in [0.3, 0.4) is 0 Å². The predicted octanol–water partition coefficient (Wildman–Crippen LogP) is 1.37. The molecule has 3 heteroatoms. The normalized spacial score (nSPS) is 8.67. The molecule has 0 bridgehead atoms. The van der Waals surface area contributed by atoms with Gasteiger partial charge in [0, 0.05) is 0 Å². The van der Waals surface area contributed by atoms with Gasteiger partial charge in [-0.25, -0.2) is 0 Å². The van der Waals surface area contributed by atoms with E-state index in [1.807, 2.05) is 0 Å². The summed E-state index contributed by atoms with van der Waals surface area (Å²) in [5, 5.41) is 12.0. The maximum atomic E-state index is 6.00. The summed E-state index contributed by atoms with van der Waals surface area (Å²) < 4.78 is 0. The summed E-state index contributed by atoms with van der Waals surface area (Å²) in [4.78, 5) is 2.38. The highest BCUT2D eigenvalue weighted by Crippen LogP contribution is 1.81. The van der Waals surface area contributed by atoms with Gasteiger partial charge in [-0.05, 0) is 19.6 Å². The molecule has 3 nitrogen and oxygen atoms in total. The molecule has 0 radical (unpaired) electrons. The topological polar surface area (TPSA) is 43.7 Å². The molecule has 0 aliphatic rings. The molecule has 0 aliphatic carbocycles. The van der Waals surface area contributed by atoms with Crippen LogP contribution < -0.4 is 0 Å². The standard InChI is InChI=1S/C6H15N.H2O2/c1-4-7(5-2)6-3;1-2/h4-6H2,1-3H3;1-2H. The van der Waals surface area contributed by atoms with Crippen molar-refractivity contribution in [3.05, 3.63) is 0 Å². The van der Waals surface area contributed by atoms with E-state index in [4.69, 9.17) is 10.5 Å². The van der Waals surface area contributed by atoms with Gasteiger partial charge in [-0.15, -0.1) is 0 Å². The highest BCUT2D eigenvalue weighted by atomic mass is 17.0. The molecule has 0 aromatic carbocycles. The average Bonchev–Trinajstić information content (AvgIpc) is 1.96. The summed E-state index contributed by atoms with van der Waals surface area (Å²) in [6, 6.07) is 0. The Bertz CT molecular complexity index is 32.5. The Labute approximate surface area is 56.8 Å². The van der Waals surface area contributed by atoms with E-state index in [1.54, 1.807) is 0 Å². The summed E-state index contributed by atoms with van der Waals surface area (Å²) in [7, 11) is 0. The molecule has 58 valence electrons. The first-order valence-electron chi connectivity index (χ1n) is 3.27. The number of nitrogens with zero attached hydrogens (tertiary/aromatic N) is 1. The van der Waals surface area contributed by atoms with Gasteiger partial charge in [0.1, 0.15) is 0 Å². The molecular formula is C6H17NO2. The third-order valence-electron chi connectivity index (χ3n) is 1.34. The Morgan fingerprint density at radius 3 is 1.11 bits per heavy atom. The van der Waals surface area contributed by atoms with Crippen molar-refractivity contribution < 1.29 is 10.5 Å². The third-order valence-corrected chi connectivity index (χ3v) is 1.34. The average molecular weight is 135 g/mol. The van der Waals surface area contributed by atoms with E-state index in [0.29, 0.717) is 0 Å². The zero-order valence-electron chi connectivity index (χ0n) is 6.46. The van der Waals surface area contributed by atoms with Crippen molar-refractivity contribution in [2.45, 2.75) is 20.8 Å². The lowest BCUT2D eigenvalue weighted by molar-refractivity contribution is -0.176. The van der Waals surface area contributed by atoms with E-state index >= 15 is 0 Å². The van der Waals surface area contributed by atoms with Crippen LogP contribution in [-0.2, 0) is 0 Å². The molecule has 0 saturated carbocycles. The van der Waals surface area contributed by atoms with Gasteiger partial charge >= 0.3 is 0 Å². The van der Waals surface area contributed by atoms with Gasteiger partial charge in [-0.1, -0.05) is 20.8 Å². The largest absolute Gasteiger partial charge is 0.304 e. The molecule has 9 heavy (non-hydrogen) atoms. The molecule has 0 spiro atoms.